The lowest BCUT2D eigenvalue weighted by molar-refractivity contribution is 0.375. The molecule has 2 fully saturated rings. The fourth-order valence-electron chi connectivity index (χ4n) is 6.07. The fourth-order valence-corrected chi connectivity index (χ4v) is 12.6. The van der Waals surface area contributed by atoms with E-state index in [1.54, 1.807) is 0 Å². The maximum atomic E-state index is 15.1. The van der Waals surface area contributed by atoms with Gasteiger partial charge in [-0.3, -0.25) is 4.67 Å². The van der Waals surface area contributed by atoms with E-state index in [2.05, 4.69) is 84.7 Å². The van der Waals surface area contributed by atoms with Crippen LogP contribution in [0.1, 0.15) is 33.6 Å². The Hall–Kier alpha value is -2.33. The molecule has 6 heteroatoms. The Morgan fingerprint density at radius 1 is 0.886 bits per heavy atom. The standard InChI is InChI=1S/C29H37N2O2PSi/c1-4-35(5-2,6-3)28-21-13-20-27(24-15-9-7-10-16-24)29(28)33-34(32)30-22-14-19-26(30)23-31(34)25-17-11-8-12-18-25/h7-13,15-18,20-21,26H,4-6,14,19,22-23H2,1-3H3/t26-,34-/m1/s1. The number of fused-ring (bicyclic) bond motifs is 1. The highest BCUT2D eigenvalue weighted by atomic mass is 31.2. The Labute approximate surface area is 211 Å². The van der Waals surface area contributed by atoms with E-state index >= 15 is 4.57 Å². The lowest BCUT2D eigenvalue weighted by Gasteiger charge is -2.35. The summed E-state index contributed by atoms with van der Waals surface area (Å²) in [4.78, 5) is 0. The van der Waals surface area contributed by atoms with Crippen molar-refractivity contribution >= 4 is 26.6 Å². The molecule has 0 unspecified atom stereocenters. The number of nitrogens with zero attached hydrogens (tertiary/aromatic N) is 2. The number of benzene rings is 3. The van der Waals surface area contributed by atoms with Gasteiger partial charge in [0.2, 0.25) is 0 Å². The van der Waals surface area contributed by atoms with Gasteiger partial charge in [0.25, 0.3) is 0 Å². The van der Waals surface area contributed by atoms with E-state index in [4.69, 9.17) is 4.52 Å². The molecule has 3 aromatic rings. The second-order valence-corrected chi connectivity index (χ2v) is 17.2. The van der Waals surface area contributed by atoms with Crippen molar-refractivity contribution in [1.82, 2.24) is 4.67 Å². The van der Waals surface area contributed by atoms with Crippen molar-refractivity contribution in [3.8, 4) is 16.9 Å². The summed E-state index contributed by atoms with van der Waals surface area (Å²) >= 11 is 0. The van der Waals surface area contributed by atoms with Gasteiger partial charge in [-0.15, -0.1) is 0 Å². The molecule has 0 N–H and O–H groups in total. The molecule has 0 amide bonds. The van der Waals surface area contributed by atoms with Crippen LogP contribution >= 0.6 is 7.67 Å². The van der Waals surface area contributed by atoms with Gasteiger partial charge in [-0.1, -0.05) is 106 Å². The zero-order valence-electron chi connectivity index (χ0n) is 21.2. The molecule has 0 saturated carbocycles. The van der Waals surface area contributed by atoms with Gasteiger partial charge in [0.05, 0.1) is 8.07 Å². The first-order valence-electron chi connectivity index (χ1n) is 13.1. The van der Waals surface area contributed by atoms with Crippen molar-refractivity contribution < 1.29 is 9.09 Å². The highest BCUT2D eigenvalue weighted by molar-refractivity contribution is 7.59. The number of anilines is 1. The minimum Gasteiger partial charge on any atom is -0.417 e. The second kappa shape index (κ2) is 9.97. The third kappa shape index (κ3) is 4.18. The number of hydrogen-bond donors (Lipinski definition) is 0. The van der Waals surface area contributed by atoms with Crippen LogP contribution in [-0.4, -0.2) is 31.9 Å². The van der Waals surface area contributed by atoms with E-state index in [9.17, 15) is 0 Å². The van der Waals surface area contributed by atoms with Crippen molar-refractivity contribution in [3.63, 3.8) is 0 Å². The fraction of sp³-hybridized carbons (Fsp3) is 0.379. The van der Waals surface area contributed by atoms with Gasteiger partial charge in [-0.2, -0.15) is 4.67 Å². The van der Waals surface area contributed by atoms with Gasteiger partial charge in [0, 0.05) is 30.4 Å². The van der Waals surface area contributed by atoms with E-state index in [0.29, 0.717) is 0 Å². The third-order valence-electron chi connectivity index (χ3n) is 8.33. The number of rotatable bonds is 8. The van der Waals surface area contributed by atoms with Crippen LogP contribution in [0.15, 0.2) is 78.9 Å². The van der Waals surface area contributed by atoms with Gasteiger partial charge in [0.15, 0.2) is 0 Å². The van der Waals surface area contributed by atoms with Crippen molar-refractivity contribution in [2.24, 2.45) is 0 Å². The van der Waals surface area contributed by atoms with E-state index in [-0.39, 0.29) is 6.04 Å². The van der Waals surface area contributed by atoms with E-state index in [0.717, 1.165) is 66.6 Å². The summed E-state index contributed by atoms with van der Waals surface area (Å²) in [5, 5.41) is 1.32. The Bertz CT molecular complexity index is 1190. The highest BCUT2D eigenvalue weighted by Crippen LogP contribution is 2.63. The van der Waals surface area contributed by atoms with Crippen LogP contribution in [0.3, 0.4) is 0 Å². The summed E-state index contributed by atoms with van der Waals surface area (Å²) in [7, 11) is -5.14. The van der Waals surface area contributed by atoms with Gasteiger partial charge in [-0.05, 0) is 35.7 Å². The van der Waals surface area contributed by atoms with Gasteiger partial charge >= 0.3 is 7.67 Å². The van der Waals surface area contributed by atoms with Crippen LogP contribution in [0.4, 0.5) is 5.69 Å². The summed E-state index contributed by atoms with van der Waals surface area (Å²) in [6.45, 7) is 8.54. The molecule has 35 heavy (non-hydrogen) atoms. The summed E-state index contributed by atoms with van der Waals surface area (Å²) in [5.41, 5.74) is 3.15. The Balaban J connectivity index is 1.70. The molecule has 3 aromatic carbocycles. The summed E-state index contributed by atoms with van der Waals surface area (Å²) in [6, 6.07) is 30.9. The van der Waals surface area contributed by atoms with Gasteiger partial charge < -0.3 is 4.52 Å². The number of para-hydroxylation sites is 2. The minimum absolute atomic E-state index is 0.277. The molecule has 5 rings (SSSR count). The van der Waals surface area contributed by atoms with Gasteiger partial charge in [0.1, 0.15) is 5.75 Å². The SMILES string of the molecule is CC[Si](CC)(CC)c1cccc(-c2ccccc2)c1O[P@@]1(=O)N(c2ccccc2)C[C@H]2CCCN21. The molecule has 0 bridgehead atoms. The lowest BCUT2D eigenvalue weighted by atomic mass is 10.1. The Morgan fingerprint density at radius 2 is 1.54 bits per heavy atom. The molecular weight excluding hydrogens is 467 g/mol. The third-order valence-corrected chi connectivity index (χ3v) is 16.5. The smallest absolute Gasteiger partial charge is 0.417 e. The maximum absolute atomic E-state index is 15.1. The first-order chi connectivity index (χ1) is 17.1. The molecule has 4 nitrogen and oxygen atoms in total. The molecule has 0 aliphatic carbocycles. The average Bonchev–Trinajstić information content (AvgIpc) is 3.49. The molecule has 0 spiro atoms. The van der Waals surface area contributed by atoms with Crippen LogP contribution < -0.4 is 14.4 Å². The van der Waals surface area contributed by atoms with Crippen LogP contribution in [0.5, 0.6) is 5.75 Å². The van der Waals surface area contributed by atoms with E-state index in [1.165, 1.54) is 5.19 Å². The zero-order chi connectivity index (χ0) is 24.5. The van der Waals surface area contributed by atoms with Gasteiger partial charge in [-0.25, -0.2) is 4.57 Å². The lowest BCUT2D eigenvalue weighted by Crippen LogP contribution is -2.46. The average molecular weight is 505 g/mol. The Kier molecular flexibility index (Phi) is 6.94. The minimum atomic E-state index is -3.31. The monoisotopic (exact) mass is 504 g/mol. The maximum Gasteiger partial charge on any atom is 0.422 e. The van der Waals surface area contributed by atoms with Crippen LogP contribution in [0, 0.1) is 0 Å². The largest absolute Gasteiger partial charge is 0.422 e. The quantitative estimate of drug-likeness (QED) is 0.234. The predicted octanol–water partition coefficient (Wildman–Crippen LogP) is 7.54. The molecule has 184 valence electrons. The zero-order valence-corrected chi connectivity index (χ0v) is 23.1. The second-order valence-electron chi connectivity index (χ2n) is 9.85. The van der Waals surface area contributed by atoms with Crippen molar-refractivity contribution in [2.45, 2.75) is 57.8 Å². The van der Waals surface area contributed by atoms with Crippen LogP contribution in [-0.2, 0) is 4.57 Å². The van der Waals surface area contributed by atoms with Crippen LogP contribution in [0.25, 0.3) is 11.1 Å². The predicted molar refractivity (Wildman–Crippen MR) is 150 cm³/mol. The molecule has 0 aromatic heterocycles. The molecular formula is C29H37N2O2PSi. The topological polar surface area (TPSA) is 32.8 Å². The molecule has 2 atom stereocenters. The van der Waals surface area contributed by atoms with E-state index in [1.807, 2.05) is 24.3 Å². The highest BCUT2D eigenvalue weighted by Gasteiger charge is 2.54. The first kappa shape index (κ1) is 24.4. The van der Waals surface area contributed by atoms with Crippen LogP contribution in [0.2, 0.25) is 18.1 Å². The normalized spacial score (nSPS) is 22.4. The van der Waals surface area contributed by atoms with Crippen molar-refractivity contribution in [2.75, 3.05) is 17.8 Å². The number of hydrogen-bond acceptors (Lipinski definition) is 2. The first-order valence-corrected chi connectivity index (χ1v) is 17.3. The molecule has 0 radical (unpaired) electrons. The summed E-state index contributed by atoms with van der Waals surface area (Å²) < 4.78 is 26.4. The molecule has 2 aliphatic rings. The molecule has 2 aliphatic heterocycles. The molecule has 2 heterocycles. The molecule has 2 saturated heterocycles. The van der Waals surface area contributed by atoms with Crippen molar-refractivity contribution in [3.05, 3.63) is 78.9 Å². The Morgan fingerprint density at radius 3 is 2.20 bits per heavy atom. The van der Waals surface area contributed by atoms with Crippen molar-refractivity contribution in [1.29, 1.82) is 0 Å². The summed E-state index contributed by atoms with van der Waals surface area (Å²) in [5.74, 6) is 0.854. The summed E-state index contributed by atoms with van der Waals surface area (Å²) in [6.07, 6.45) is 2.15. The van der Waals surface area contributed by atoms with E-state index < -0.39 is 15.7 Å².